The number of rotatable bonds is 6. The summed E-state index contributed by atoms with van der Waals surface area (Å²) in [6, 6.07) is 3.78. The van der Waals surface area contributed by atoms with Crippen molar-refractivity contribution in [1.82, 2.24) is 4.31 Å². The molecule has 0 heterocycles. The van der Waals surface area contributed by atoms with E-state index in [-0.39, 0.29) is 28.6 Å². The molecule has 1 atom stereocenters. The molecule has 0 radical (unpaired) electrons. The maximum atomic E-state index is 13.8. The number of halogens is 4. The van der Waals surface area contributed by atoms with Gasteiger partial charge in [0.1, 0.15) is 5.82 Å². The highest BCUT2D eigenvalue weighted by Crippen LogP contribution is 2.23. The summed E-state index contributed by atoms with van der Waals surface area (Å²) in [5, 5.41) is 10.6. The average Bonchev–Trinajstić information content (AvgIpc) is 2.57. The maximum Gasteiger partial charge on any atom is 0.269 e. The first-order valence-electron chi connectivity index (χ1n) is 7.15. The van der Waals surface area contributed by atoms with E-state index in [2.05, 4.69) is 0 Å². The second-order valence-electron chi connectivity index (χ2n) is 5.43. The molecule has 0 spiro atoms. The highest BCUT2D eigenvalue weighted by molar-refractivity contribution is 7.89. The van der Waals surface area contributed by atoms with Crippen LogP contribution in [-0.4, -0.2) is 31.2 Å². The van der Waals surface area contributed by atoms with Gasteiger partial charge < -0.3 is 5.73 Å². The number of nitro groups is 1. The van der Waals surface area contributed by atoms with Crippen LogP contribution in [0.5, 0.6) is 0 Å². The number of hydrogen-bond donors (Lipinski definition) is 1. The molecule has 0 unspecified atom stereocenters. The van der Waals surface area contributed by atoms with E-state index in [4.69, 9.17) is 5.73 Å². The largest absolute Gasteiger partial charge is 0.323 e. The molecule has 2 aromatic carbocycles. The van der Waals surface area contributed by atoms with Gasteiger partial charge in [0.2, 0.25) is 10.0 Å². The van der Waals surface area contributed by atoms with Gasteiger partial charge in [0, 0.05) is 43.4 Å². The number of nitrogens with two attached hydrogens (primary N) is 1. The molecule has 12 heteroatoms. The lowest BCUT2D eigenvalue weighted by atomic mass is 10.1. The van der Waals surface area contributed by atoms with E-state index in [0.717, 1.165) is 35.6 Å². The Morgan fingerprint density at radius 3 is 2.15 bits per heavy atom. The van der Waals surface area contributed by atoms with Gasteiger partial charge in [0.15, 0.2) is 11.6 Å². The summed E-state index contributed by atoms with van der Waals surface area (Å²) in [5.74, 6) is -3.79. The minimum absolute atomic E-state index is 0. The van der Waals surface area contributed by atoms with E-state index in [9.17, 15) is 31.7 Å². The highest BCUT2D eigenvalue weighted by Gasteiger charge is 2.25. The summed E-state index contributed by atoms with van der Waals surface area (Å²) in [7, 11) is -2.91. The Morgan fingerprint density at radius 2 is 1.63 bits per heavy atom. The fourth-order valence-electron chi connectivity index (χ4n) is 2.22. The molecule has 0 aliphatic rings. The van der Waals surface area contributed by atoms with Gasteiger partial charge in [-0.1, -0.05) is 0 Å². The van der Waals surface area contributed by atoms with Crippen LogP contribution in [0.3, 0.4) is 0 Å². The molecule has 0 aliphatic heterocycles. The summed E-state index contributed by atoms with van der Waals surface area (Å²) in [4.78, 5) is 9.71. The number of nitro benzene ring substituents is 1. The van der Waals surface area contributed by atoms with Crippen molar-refractivity contribution in [2.45, 2.75) is 10.9 Å². The lowest BCUT2D eigenvalue weighted by molar-refractivity contribution is -0.384. The normalized spacial score (nSPS) is 12.5. The van der Waals surface area contributed by atoms with Gasteiger partial charge in [-0.25, -0.2) is 21.6 Å². The Labute approximate surface area is 159 Å². The Balaban J connectivity index is 0.00000364. The SMILES string of the molecule is CN(C[C@H](N)c1cc(F)c(F)cc1F)S(=O)(=O)c1ccc([N+](=O)[O-])cc1.Cl. The number of benzene rings is 2. The minimum atomic E-state index is -4.08. The second kappa shape index (κ2) is 8.65. The van der Waals surface area contributed by atoms with Crippen LogP contribution in [0.4, 0.5) is 18.9 Å². The molecule has 27 heavy (non-hydrogen) atoms. The Kier molecular flexibility index (Phi) is 7.32. The predicted molar refractivity (Wildman–Crippen MR) is 93.4 cm³/mol. The van der Waals surface area contributed by atoms with Gasteiger partial charge in [-0.15, -0.1) is 12.4 Å². The summed E-state index contributed by atoms with van der Waals surface area (Å²) < 4.78 is 65.7. The molecule has 0 saturated carbocycles. The highest BCUT2D eigenvalue weighted by atomic mass is 35.5. The average molecular weight is 426 g/mol. The first-order valence-corrected chi connectivity index (χ1v) is 8.59. The van der Waals surface area contributed by atoms with Crippen molar-refractivity contribution in [3.63, 3.8) is 0 Å². The summed E-state index contributed by atoms with van der Waals surface area (Å²) in [6.45, 7) is -0.429. The van der Waals surface area contributed by atoms with Crippen molar-refractivity contribution < 1.29 is 26.5 Å². The third-order valence-corrected chi connectivity index (χ3v) is 5.49. The van der Waals surface area contributed by atoms with Crippen molar-refractivity contribution in [2.75, 3.05) is 13.6 Å². The van der Waals surface area contributed by atoms with Crippen LogP contribution in [0.2, 0.25) is 0 Å². The number of non-ortho nitro benzene ring substituents is 1. The number of likely N-dealkylation sites (N-methyl/N-ethyl adjacent to an activating group) is 1. The molecule has 148 valence electrons. The van der Waals surface area contributed by atoms with Crippen LogP contribution >= 0.6 is 12.4 Å². The van der Waals surface area contributed by atoms with E-state index in [1.807, 2.05) is 0 Å². The molecule has 0 fully saturated rings. The molecule has 2 N–H and O–H groups in total. The summed E-state index contributed by atoms with van der Waals surface area (Å²) in [6.07, 6.45) is 0. The summed E-state index contributed by atoms with van der Waals surface area (Å²) in [5.41, 5.74) is 5.06. The van der Waals surface area contributed by atoms with E-state index < -0.39 is 45.0 Å². The Bertz CT molecular complexity index is 942. The molecule has 7 nitrogen and oxygen atoms in total. The minimum Gasteiger partial charge on any atom is -0.323 e. The summed E-state index contributed by atoms with van der Waals surface area (Å²) >= 11 is 0. The lowest BCUT2D eigenvalue weighted by Gasteiger charge is -2.22. The first kappa shape index (κ1) is 22.8. The zero-order valence-corrected chi connectivity index (χ0v) is 15.4. The van der Waals surface area contributed by atoms with Crippen LogP contribution in [0, 0.1) is 27.6 Å². The van der Waals surface area contributed by atoms with Gasteiger partial charge in [-0.2, -0.15) is 4.31 Å². The van der Waals surface area contributed by atoms with Crippen LogP contribution in [-0.2, 0) is 10.0 Å². The topological polar surface area (TPSA) is 107 Å². The third-order valence-electron chi connectivity index (χ3n) is 3.65. The first-order chi connectivity index (χ1) is 12.0. The number of sulfonamides is 1. The van der Waals surface area contributed by atoms with Crippen LogP contribution in [0.25, 0.3) is 0 Å². The fraction of sp³-hybridized carbons (Fsp3) is 0.200. The monoisotopic (exact) mass is 425 g/mol. The number of nitrogens with zero attached hydrogens (tertiary/aromatic N) is 2. The van der Waals surface area contributed by atoms with Crippen molar-refractivity contribution in [3.05, 3.63) is 69.5 Å². The standard InChI is InChI=1S/C15H14F3N3O4S.ClH/c1-20(8-15(19)11-6-13(17)14(18)7-12(11)16)26(24,25)10-4-2-9(3-5-10)21(22)23;/h2-7,15H,8,19H2,1H3;1H/t15-;/m0./s1. The Morgan fingerprint density at radius 1 is 1.11 bits per heavy atom. The van der Waals surface area contributed by atoms with Crippen LogP contribution in [0.1, 0.15) is 11.6 Å². The van der Waals surface area contributed by atoms with E-state index >= 15 is 0 Å². The lowest BCUT2D eigenvalue weighted by Crippen LogP contribution is -2.34. The molecule has 0 aliphatic carbocycles. The van der Waals surface area contributed by atoms with Crippen LogP contribution in [0.15, 0.2) is 41.3 Å². The molecule has 2 rings (SSSR count). The second-order valence-corrected chi connectivity index (χ2v) is 7.48. The molecular weight excluding hydrogens is 411 g/mol. The van der Waals surface area contributed by atoms with E-state index in [0.29, 0.717) is 12.1 Å². The fourth-order valence-corrected chi connectivity index (χ4v) is 3.41. The zero-order chi connectivity index (χ0) is 19.6. The molecule has 0 aromatic heterocycles. The predicted octanol–water partition coefficient (Wildman–Crippen LogP) is 2.75. The smallest absolute Gasteiger partial charge is 0.269 e. The van der Waals surface area contributed by atoms with Gasteiger partial charge in [0.05, 0.1) is 9.82 Å². The van der Waals surface area contributed by atoms with Crippen molar-refractivity contribution in [1.29, 1.82) is 0 Å². The van der Waals surface area contributed by atoms with Crippen LogP contribution < -0.4 is 5.73 Å². The van der Waals surface area contributed by atoms with Crippen molar-refractivity contribution in [2.24, 2.45) is 5.73 Å². The van der Waals surface area contributed by atoms with Gasteiger partial charge in [0.25, 0.3) is 5.69 Å². The molecular formula is C15H15ClF3N3O4S. The van der Waals surface area contributed by atoms with Gasteiger partial charge >= 0.3 is 0 Å². The Hall–Kier alpha value is -2.21. The molecule has 0 amide bonds. The third kappa shape index (κ3) is 4.95. The quantitative estimate of drug-likeness (QED) is 0.435. The van der Waals surface area contributed by atoms with Crippen molar-refractivity contribution >= 4 is 28.1 Å². The maximum absolute atomic E-state index is 13.8. The molecule has 2 aromatic rings. The van der Waals surface area contributed by atoms with Crippen molar-refractivity contribution in [3.8, 4) is 0 Å². The van der Waals surface area contributed by atoms with Gasteiger partial charge in [-0.3, -0.25) is 10.1 Å². The zero-order valence-electron chi connectivity index (χ0n) is 13.8. The van der Waals surface area contributed by atoms with E-state index in [1.165, 1.54) is 0 Å². The number of hydrogen-bond acceptors (Lipinski definition) is 5. The molecule has 0 bridgehead atoms. The van der Waals surface area contributed by atoms with Gasteiger partial charge in [-0.05, 0) is 18.2 Å². The molecule has 0 saturated heterocycles. The van der Waals surface area contributed by atoms with E-state index in [1.54, 1.807) is 0 Å².